The molecule has 2 atom stereocenters. The van der Waals surface area contributed by atoms with E-state index in [4.69, 9.17) is 19.3 Å². The Labute approximate surface area is 267 Å². The van der Waals surface area contributed by atoms with E-state index in [1.807, 2.05) is 54.6 Å². The number of likely N-dealkylation sites (tertiary alicyclic amines) is 1. The summed E-state index contributed by atoms with van der Waals surface area (Å²) < 4.78 is 18.7. The molecule has 240 valence electrons. The molecule has 0 spiro atoms. The molecule has 0 saturated carbocycles. The summed E-state index contributed by atoms with van der Waals surface area (Å²) in [4.78, 5) is 48.5. The van der Waals surface area contributed by atoms with Crippen LogP contribution in [-0.4, -0.2) is 62.0 Å². The lowest BCUT2D eigenvalue weighted by atomic mass is 10.1. The third-order valence-electron chi connectivity index (χ3n) is 7.52. The van der Waals surface area contributed by atoms with E-state index in [1.165, 1.54) is 12.4 Å². The van der Waals surface area contributed by atoms with Gasteiger partial charge in [0.05, 0.1) is 17.3 Å². The van der Waals surface area contributed by atoms with Gasteiger partial charge in [0.1, 0.15) is 23.5 Å². The van der Waals surface area contributed by atoms with Crippen molar-refractivity contribution in [3.63, 3.8) is 0 Å². The Morgan fingerprint density at radius 3 is 2.37 bits per heavy atom. The van der Waals surface area contributed by atoms with E-state index in [1.54, 1.807) is 37.3 Å². The molecule has 1 saturated heterocycles. The molecular formula is C34H38N6O6. The van der Waals surface area contributed by atoms with Crippen LogP contribution in [0.25, 0.3) is 22.3 Å². The van der Waals surface area contributed by atoms with Gasteiger partial charge in [0.15, 0.2) is 11.5 Å². The van der Waals surface area contributed by atoms with Crippen molar-refractivity contribution < 1.29 is 28.6 Å². The molecule has 0 aliphatic carbocycles. The summed E-state index contributed by atoms with van der Waals surface area (Å²) >= 11 is 0. The van der Waals surface area contributed by atoms with Gasteiger partial charge in [-0.2, -0.15) is 5.10 Å². The minimum atomic E-state index is -1.10. The van der Waals surface area contributed by atoms with Crippen molar-refractivity contribution in [2.75, 3.05) is 18.4 Å². The minimum Gasteiger partial charge on any atom is -0.457 e. The Balaban J connectivity index is 1.50. The number of para-hydroxylation sites is 1. The first kappa shape index (κ1) is 32.1. The van der Waals surface area contributed by atoms with Gasteiger partial charge in [-0.15, -0.1) is 0 Å². The Hall–Kier alpha value is -5.26. The minimum absolute atomic E-state index is 0.145. The molecule has 0 bridgehead atoms. The van der Waals surface area contributed by atoms with Crippen LogP contribution in [0.2, 0.25) is 0 Å². The van der Waals surface area contributed by atoms with E-state index < -0.39 is 18.4 Å². The van der Waals surface area contributed by atoms with Crippen molar-refractivity contribution >= 4 is 34.8 Å². The van der Waals surface area contributed by atoms with Crippen LogP contribution in [0.15, 0.2) is 73.6 Å². The van der Waals surface area contributed by atoms with Gasteiger partial charge in [0.25, 0.3) is 6.29 Å². The second-order valence-electron chi connectivity index (χ2n) is 11.7. The number of piperidine rings is 1. The zero-order valence-electron chi connectivity index (χ0n) is 26.4. The largest absolute Gasteiger partial charge is 0.457 e. The van der Waals surface area contributed by atoms with Gasteiger partial charge in [-0.25, -0.2) is 19.4 Å². The maximum atomic E-state index is 13.2. The van der Waals surface area contributed by atoms with Crippen LogP contribution in [-0.2, 0) is 19.1 Å². The van der Waals surface area contributed by atoms with Gasteiger partial charge < -0.3 is 19.1 Å². The van der Waals surface area contributed by atoms with Crippen LogP contribution in [0.3, 0.4) is 0 Å². The van der Waals surface area contributed by atoms with Crippen molar-refractivity contribution in [2.24, 2.45) is 11.8 Å². The molecular weight excluding hydrogens is 588 g/mol. The van der Waals surface area contributed by atoms with Crippen molar-refractivity contribution in [3.05, 3.63) is 73.6 Å². The summed E-state index contributed by atoms with van der Waals surface area (Å²) in [5.41, 5.74) is 1.74. The molecule has 46 heavy (non-hydrogen) atoms. The lowest BCUT2D eigenvalue weighted by Gasteiger charge is -2.32. The molecule has 1 aliphatic rings. The molecule has 3 heterocycles. The molecule has 12 heteroatoms. The third kappa shape index (κ3) is 7.33. The van der Waals surface area contributed by atoms with Gasteiger partial charge in [-0.3, -0.25) is 14.9 Å². The first-order chi connectivity index (χ1) is 22.1. The number of carbonyl (C=O) groups excluding carboxylic acids is 3. The number of amides is 2. The summed E-state index contributed by atoms with van der Waals surface area (Å²) in [6.45, 7) is 11.7. The fraction of sp³-hybridized carbons (Fsp3) is 0.353. The number of benzene rings is 2. The first-order valence-electron chi connectivity index (χ1n) is 15.3. The SMILES string of the molecule is C=CC(=O)N1CCC[C@@H](n2nc(-c3ccc(Oc4ccccc4)cc3)c3c(NC(=O)OC(OC(=O)C(C)C)C(C)C)ncnc32)C1. The summed E-state index contributed by atoms with van der Waals surface area (Å²) in [5, 5.41) is 8.19. The van der Waals surface area contributed by atoms with Gasteiger partial charge >= 0.3 is 12.1 Å². The van der Waals surface area contributed by atoms with Crippen molar-refractivity contribution in [3.8, 4) is 22.8 Å². The molecule has 2 aromatic heterocycles. The number of nitrogens with zero attached hydrogens (tertiary/aromatic N) is 5. The quantitative estimate of drug-likeness (QED) is 0.121. The van der Waals surface area contributed by atoms with E-state index in [0.29, 0.717) is 41.3 Å². The second-order valence-corrected chi connectivity index (χ2v) is 11.7. The molecule has 0 radical (unpaired) electrons. The number of nitrogens with one attached hydrogen (secondary N) is 1. The van der Waals surface area contributed by atoms with Crippen LogP contribution in [0.5, 0.6) is 11.5 Å². The predicted molar refractivity (Wildman–Crippen MR) is 172 cm³/mol. The van der Waals surface area contributed by atoms with Crippen LogP contribution in [0.1, 0.15) is 46.6 Å². The molecule has 12 nitrogen and oxygen atoms in total. The molecule has 1 unspecified atom stereocenters. The van der Waals surface area contributed by atoms with Crippen LogP contribution < -0.4 is 10.1 Å². The normalized spacial score (nSPS) is 15.4. The van der Waals surface area contributed by atoms with Gasteiger partial charge in [-0.1, -0.05) is 52.5 Å². The maximum Gasteiger partial charge on any atom is 0.415 e. The zero-order valence-corrected chi connectivity index (χ0v) is 26.4. The molecule has 2 aromatic carbocycles. The number of ether oxygens (including phenoxy) is 3. The molecule has 1 N–H and O–H groups in total. The highest BCUT2D eigenvalue weighted by Gasteiger charge is 2.30. The van der Waals surface area contributed by atoms with Crippen LogP contribution in [0.4, 0.5) is 10.6 Å². The summed E-state index contributed by atoms with van der Waals surface area (Å²) in [7, 11) is 0. The average molecular weight is 627 g/mol. The number of hydrogen-bond acceptors (Lipinski definition) is 9. The van der Waals surface area contributed by atoms with Crippen molar-refractivity contribution in [2.45, 2.75) is 52.9 Å². The second kappa shape index (κ2) is 14.2. The highest BCUT2D eigenvalue weighted by atomic mass is 16.7. The number of rotatable bonds is 10. The lowest BCUT2D eigenvalue weighted by molar-refractivity contribution is -0.177. The van der Waals surface area contributed by atoms with E-state index in [9.17, 15) is 14.4 Å². The highest BCUT2D eigenvalue weighted by Crippen LogP contribution is 2.36. The first-order valence-corrected chi connectivity index (χ1v) is 15.3. The lowest BCUT2D eigenvalue weighted by Crippen LogP contribution is -2.40. The number of carbonyl (C=O) groups is 3. The van der Waals surface area contributed by atoms with Crippen molar-refractivity contribution in [1.82, 2.24) is 24.6 Å². The Morgan fingerprint density at radius 2 is 1.70 bits per heavy atom. The average Bonchev–Trinajstić information content (AvgIpc) is 3.45. The van der Waals surface area contributed by atoms with Crippen molar-refractivity contribution in [1.29, 1.82) is 0 Å². The molecule has 2 amide bonds. The third-order valence-corrected chi connectivity index (χ3v) is 7.52. The molecule has 1 aliphatic heterocycles. The Kier molecular flexibility index (Phi) is 9.94. The fourth-order valence-electron chi connectivity index (χ4n) is 5.09. The zero-order chi connectivity index (χ0) is 32.8. The van der Waals surface area contributed by atoms with Gasteiger partial charge in [0, 0.05) is 24.6 Å². The Bertz CT molecular complexity index is 1700. The number of anilines is 1. The molecule has 5 rings (SSSR count). The standard InChI is InChI=1S/C34H38N6O6/c1-6-27(41)39-18-10-11-24(19-39)40-31-28(29(38-40)23-14-16-26(17-15-23)44-25-12-8-7-9-13-25)30(35-20-36-31)37-34(43)46-33(22(4)5)45-32(42)21(2)3/h6-9,12-17,20-22,24,33H,1,10-11,18-19H2,2-5H3,(H,35,36,37,43)/t24-,33?/m1/s1. The summed E-state index contributed by atoms with van der Waals surface area (Å²) in [6, 6.07) is 16.7. The summed E-state index contributed by atoms with van der Waals surface area (Å²) in [6.07, 6.45) is 2.26. The number of aromatic nitrogens is 4. The summed E-state index contributed by atoms with van der Waals surface area (Å²) in [5.74, 6) is 0.222. The van der Waals surface area contributed by atoms with E-state index in [0.717, 1.165) is 18.4 Å². The highest BCUT2D eigenvalue weighted by molar-refractivity contribution is 6.03. The smallest absolute Gasteiger partial charge is 0.415 e. The van der Waals surface area contributed by atoms with Crippen LogP contribution >= 0.6 is 0 Å². The van der Waals surface area contributed by atoms with Gasteiger partial charge in [-0.05, 0) is 55.3 Å². The number of hydrogen-bond donors (Lipinski definition) is 1. The molecule has 4 aromatic rings. The fourth-order valence-corrected chi connectivity index (χ4v) is 5.09. The maximum absolute atomic E-state index is 13.2. The van der Waals surface area contributed by atoms with E-state index >= 15 is 0 Å². The predicted octanol–water partition coefficient (Wildman–Crippen LogP) is 6.36. The van der Waals surface area contributed by atoms with Gasteiger partial charge in [0.2, 0.25) is 5.91 Å². The molecule has 1 fully saturated rings. The number of fused-ring (bicyclic) bond motifs is 1. The Morgan fingerprint density at radius 1 is 0.978 bits per heavy atom. The van der Waals surface area contributed by atoms with E-state index in [2.05, 4.69) is 21.9 Å². The number of esters is 1. The topological polar surface area (TPSA) is 138 Å². The van der Waals surface area contributed by atoms with E-state index in [-0.39, 0.29) is 29.6 Å². The van der Waals surface area contributed by atoms with Crippen LogP contribution in [0, 0.1) is 11.8 Å². The monoisotopic (exact) mass is 626 g/mol.